The average Bonchev–Trinajstić information content (AvgIpc) is 3.48. The second-order valence-corrected chi connectivity index (χ2v) is 7.44. The number of morpholine rings is 1. The van der Waals surface area contributed by atoms with Gasteiger partial charge in [0.1, 0.15) is 29.8 Å². The van der Waals surface area contributed by atoms with Crippen LogP contribution in [0.3, 0.4) is 0 Å². The summed E-state index contributed by atoms with van der Waals surface area (Å²) in [7, 11) is 0. The summed E-state index contributed by atoms with van der Waals surface area (Å²) in [6, 6.07) is 9.08. The molecule has 0 spiro atoms. The maximum absolute atomic E-state index is 12.5. The van der Waals surface area contributed by atoms with Crippen LogP contribution < -0.4 is 10.2 Å². The van der Waals surface area contributed by atoms with Gasteiger partial charge in [0, 0.05) is 24.7 Å². The maximum atomic E-state index is 12.5. The number of anilines is 1. The summed E-state index contributed by atoms with van der Waals surface area (Å²) >= 11 is 0. The number of nitrogens with zero attached hydrogens (tertiary/aromatic N) is 5. The molecule has 2 saturated heterocycles. The van der Waals surface area contributed by atoms with Gasteiger partial charge in [-0.25, -0.2) is 15.0 Å². The van der Waals surface area contributed by atoms with Crippen molar-refractivity contribution in [2.45, 2.75) is 31.7 Å². The Labute approximate surface area is 172 Å². The number of nitrogens with one attached hydrogen (secondary N) is 1. The third kappa shape index (κ3) is 3.07. The number of nitriles is 1. The number of amides is 1. The predicted octanol–water partition coefficient (Wildman–Crippen LogP) is 1.51. The Balaban J connectivity index is 1.34. The van der Waals surface area contributed by atoms with E-state index in [1.165, 1.54) is 12.4 Å². The van der Waals surface area contributed by atoms with E-state index in [1.54, 1.807) is 18.2 Å². The van der Waals surface area contributed by atoms with Gasteiger partial charge >= 0.3 is 0 Å². The number of carbonyl (C=O) groups excluding carboxylic acids is 1. The molecule has 2 N–H and O–H groups in total. The molecule has 0 saturated carbocycles. The van der Waals surface area contributed by atoms with Gasteiger partial charge in [-0.3, -0.25) is 4.79 Å². The van der Waals surface area contributed by atoms with Crippen molar-refractivity contribution in [1.29, 1.82) is 5.26 Å². The number of epoxide rings is 1. The van der Waals surface area contributed by atoms with E-state index in [1.807, 2.05) is 12.1 Å². The molecule has 0 radical (unpaired) electrons. The number of hydrogen-bond donors (Lipinski definition) is 2. The Bertz CT molecular complexity index is 1190. The van der Waals surface area contributed by atoms with E-state index in [0.29, 0.717) is 16.6 Å². The van der Waals surface area contributed by atoms with Crippen LogP contribution in [0.15, 0.2) is 36.7 Å². The number of aromatic hydroxyl groups is 1. The fraction of sp³-hybridized carbons (Fsp3) is 0.286. The Morgan fingerprint density at radius 1 is 1.33 bits per heavy atom. The highest BCUT2D eigenvalue weighted by molar-refractivity contribution is 6.00. The van der Waals surface area contributed by atoms with Crippen LogP contribution in [0.5, 0.6) is 5.75 Å². The van der Waals surface area contributed by atoms with Crippen molar-refractivity contribution in [3.05, 3.63) is 53.6 Å². The van der Waals surface area contributed by atoms with E-state index in [4.69, 9.17) is 10.00 Å². The molecule has 0 aliphatic carbocycles. The quantitative estimate of drug-likeness (QED) is 0.629. The number of rotatable bonds is 4. The molecule has 0 aromatic carbocycles. The molecular formula is C21H18N6O3. The molecule has 2 fully saturated rings. The molecule has 9 heteroatoms. The molecule has 5 heterocycles. The summed E-state index contributed by atoms with van der Waals surface area (Å²) in [6.45, 7) is 3.11. The first-order valence-corrected chi connectivity index (χ1v) is 9.59. The van der Waals surface area contributed by atoms with Crippen molar-refractivity contribution in [3.63, 3.8) is 0 Å². The van der Waals surface area contributed by atoms with Gasteiger partial charge in [-0.15, -0.1) is 0 Å². The molecular weight excluding hydrogens is 384 g/mol. The highest BCUT2D eigenvalue weighted by Gasteiger charge is 2.52. The Kier molecular flexibility index (Phi) is 4.22. The van der Waals surface area contributed by atoms with Gasteiger partial charge in [0.15, 0.2) is 11.4 Å². The van der Waals surface area contributed by atoms with Crippen molar-refractivity contribution < 1.29 is 14.6 Å². The van der Waals surface area contributed by atoms with Crippen molar-refractivity contribution in [1.82, 2.24) is 20.3 Å². The summed E-state index contributed by atoms with van der Waals surface area (Å²) in [5.41, 5.74) is 1.49. The van der Waals surface area contributed by atoms with Crippen LogP contribution in [0, 0.1) is 11.3 Å². The number of ether oxygens (including phenoxy) is 1. The van der Waals surface area contributed by atoms with Gasteiger partial charge in [0.05, 0.1) is 17.8 Å². The normalized spacial score (nSPS) is 21.9. The fourth-order valence-electron chi connectivity index (χ4n) is 3.83. The van der Waals surface area contributed by atoms with Gasteiger partial charge in [-0.05, 0) is 30.7 Å². The lowest BCUT2D eigenvalue weighted by Gasteiger charge is -2.25. The fourth-order valence-corrected chi connectivity index (χ4v) is 3.83. The van der Waals surface area contributed by atoms with Crippen LogP contribution in [0.1, 0.15) is 28.7 Å². The highest BCUT2D eigenvalue weighted by atomic mass is 16.6. The molecule has 30 heavy (non-hydrogen) atoms. The van der Waals surface area contributed by atoms with Crippen LogP contribution in [0.25, 0.3) is 10.9 Å². The zero-order valence-corrected chi connectivity index (χ0v) is 16.1. The van der Waals surface area contributed by atoms with Gasteiger partial charge in [0.2, 0.25) is 0 Å². The number of carbonyl (C=O) groups is 1. The smallest absolute Gasteiger partial charge is 0.274 e. The molecule has 5 rings (SSSR count). The summed E-state index contributed by atoms with van der Waals surface area (Å²) in [5.74, 6) is 0.0911. The van der Waals surface area contributed by atoms with Crippen molar-refractivity contribution >= 4 is 22.6 Å². The zero-order chi connectivity index (χ0) is 20.8. The highest BCUT2D eigenvalue weighted by Crippen LogP contribution is 2.39. The largest absolute Gasteiger partial charge is 0.505 e. The van der Waals surface area contributed by atoms with E-state index in [2.05, 4.69) is 32.1 Å². The average molecular weight is 402 g/mol. The number of aromatic nitrogens is 3. The van der Waals surface area contributed by atoms with Gasteiger partial charge in [-0.2, -0.15) is 5.26 Å². The first-order valence-electron chi connectivity index (χ1n) is 9.59. The molecule has 2 aliphatic rings. The van der Waals surface area contributed by atoms with Gasteiger partial charge in [-0.1, -0.05) is 6.07 Å². The third-order valence-corrected chi connectivity index (χ3v) is 5.57. The van der Waals surface area contributed by atoms with Crippen molar-refractivity contribution in [2.24, 2.45) is 0 Å². The Hall–Kier alpha value is -3.77. The molecule has 0 bridgehead atoms. The molecule has 3 aromatic rings. The molecule has 1 unspecified atom stereocenters. The van der Waals surface area contributed by atoms with Gasteiger partial charge < -0.3 is 20.1 Å². The molecule has 3 aromatic heterocycles. The molecule has 9 nitrogen and oxygen atoms in total. The first kappa shape index (κ1) is 18.3. The minimum Gasteiger partial charge on any atom is -0.505 e. The number of fused-ring (bicyclic) bond motifs is 2. The Morgan fingerprint density at radius 3 is 2.90 bits per heavy atom. The van der Waals surface area contributed by atoms with Crippen LogP contribution in [0.4, 0.5) is 5.82 Å². The van der Waals surface area contributed by atoms with Crippen molar-refractivity contribution in [3.8, 4) is 11.8 Å². The summed E-state index contributed by atoms with van der Waals surface area (Å²) in [6.07, 6.45) is 3.56. The molecule has 1 amide bonds. The second kappa shape index (κ2) is 6.93. The van der Waals surface area contributed by atoms with Crippen LogP contribution in [-0.4, -0.2) is 50.8 Å². The van der Waals surface area contributed by atoms with E-state index in [9.17, 15) is 9.90 Å². The van der Waals surface area contributed by atoms with E-state index < -0.39 is 5.91 Å². The van der Waals surface area contributed by atoms with E-state index in [0.717, 1.165) is 17.9 Å². The lowest BCUT2D eigenvalue weighted by molar-refractivity contribution is 0.0943. The van der Waals surface area contributed by atoms with E-state index >= 15 is 0 Å². The molecule has 2 aliphatic heterocycles. The Morgan fingerprint density at radius 2 is 2.20 bits per heavy atom. The lowest BCUT2D eigenvalue weighted by atomic mass is 10.2. The molecule has 3 atom stereocenters. The third-order valence-electron chi connectivity index (χ3n) is 5.57. The summed E-state index contributed by atoms with van der Waals surface area (Å²) in [5, 5.41) is 22.6. The van der Waals surface area contributed by atoms with Crippen molar-refractivity contribution in [2.75, 3.05) is 11.4 Å². The van der Waals surface area contributed by atoms with Crippen LogP contribution >= 0.6 is 0 Å². The standard InChI is InChI=1S/C21H18N6O3/c1-11-20-16(30-20)10-27(11)17-5-4-14-15(26-17)9-24-18(19(14)28)21(29)25-8-12-2-3-13(6-22)23-7-12/h2-5,7,9,11,16,20,28H,8,10H2,1H3,(H,25,29)/t11-,16+,20?/m0/s1. The maximum Gasteiger partial charge on any atom is 0.274 e. The summed E-state index contributed by atoms with van der Waals surface area (Å²) in [4.78, 5) is 27.4. The minimum atomic E-state index is -0.506. The minimum absolute atomic E-state index is 0.0668. The SMILES string of the molecule is C[C@H]1C2O[C@@H]2CN1c1ccc2c(O)c(C(=O)NCc3ccc(C#N)nc3)ncc2n1. The molecule has 150 valence electrons. The van der Waals surface area contributed by atoms with Crippen LogP contribution in [0.2, 0.25) is 0 Å². The van der Waals surface area contributed by atoms with E-state index in [-0.39, 0.29) is 36.2 Å². The second-order valence-electron chi connectivity index (χ2n) is 7.44. The van der Waals surface area contributed by atoms with Crippen LogP contribution in [-0.2, 0) is 11.3 Å². The lowest BCUT2D eigenvalue weighted by Crippen LogP contribution is -2.33. The number of pyridine rings is 3. The topological polar surface area (TPSA) is 128 Å². The number of hydrogen-bond acceptors (Lipinski definition) is 8. The first-order chi connectivity index (χ1) is 14.5. The van der Waals surface area contributed by atoms with Gasteiger partial charge in [0.25, 0.3) is 5.91 Å². The monoisotopic (exact) mass is 402 g/mol. The predicted molar refractivity (Wildman–Crippen MR) is 107 cm³/mol. The summed E-state index contributed by atoms with van der Waals surface area (Å²) < 4.78 is 5.55. The zero-order valence-electron chi connectivity index (χ0n) is 16.1.